The zero-order valence-electron chi connectivity index (χ0n) is 8.81. The highest BCUT2D eigenvalue weighted by molar-refractivity contribution is 14.1. The minimum absolute atomic E-state index is 0.379. The topological polar surface area (TPSA) is 49.3 Å². The molecule has 0 fully saturated rings. The van der Waals surface area contributed by atoms with Gasteiger partial charge < -0.3 is 10.4 Å². The van der Waals surface area contributed by atoms with Gasteiger partial charge in [-0.3, -0.25) is 0 Å². The number of hydrogen-bond donors (Lipinski definition) is 2. The van der Waals surface area contributed by atoms with Crippen molar-refractivity contribution >= 4 is 45.6 Å². The van der Waals surface area contributed by atoms with E-state index in [9.17, 15) is 4.79 Å². The smallest absolute Gasteiger partial charge is 0.345 e. The number of halogens is 1. The van der Waals surface area contributed by atoms with Gasteiger partial charge in [-0.15, -0.1) is 11.3 Å². The van der Waals surface area contributed by atoms with Crippen LogP contribution in [0.2, 0.25) is 0 Å². The van der Waals surface area contributed by atoms with E-state index in [1.807, 2.05) is 30.3 Å². The van der Waals surface area contributed by atoms with Crippen molar-refractivity contribution in [2.24, 2.45) is 0 Å². The molecule has 5 heteroatoms. The van der Waals surface area contributed by atoms with Gasteiger partial charge in [0.25, 0.3) is 0 Å². The summed E-state index contributed by atoms with van der Waals surface area (Å²) < 4.78 is 1.19. The van der Waals surface area contributed by atoms with E-state index in [0.29, 0.717) is 11.4 Å². The van der Waals surface area contributed by atoms with Crippen LogP contribution in [-0.4, -0.2) is 11.1 Å². The SMILES string of the molecule is O=C(O)c1ccc(CNc2ccc(I)cc2)s1. The maximum Gasteiger partial charge on any atom is 0.345 e. The molecular weight excluding hydrogens is 349 g/mol. The molecule has 1 aromatic heterocycles. The van der Waals surface area contributed by atoms with Crippen molar-refractivity contribution in [2.75, 3.05) is 5.32 Å². The molecule has 0 amide bonds. The van der Waals surface area contributed by atoms with Gasteiger partial charge in [-0.1, -0.05) is 0 Å². The second kappa shape index (κ2) is 5.50. The van der Waals surface area contributed by atoms with Gasteiger partial charge in [-0.25, -0.2) is 4.79 Å². The van der Waals surface area contributed by atoms with Crippen LogP contribution in [0.25, 0.3) is 0 Å². The fourth-order valence-corrected chi connectivity index (χ4v) is 2.49. The molecule has 2 N–H and O–H groups in total. The van der Waals surface area contributed by atoms with Gasteiger partial charge >= 0.3 is 5.97 Å². The van der Waals surface area contributed by atoms with E-state index in [1.165, 1.54) is 14.9 Å². The van der Waals surface area contributed by atoms with Gasteiger partial charge in [0.15, 0.2) is 0 Å². The number of nitrogens with one attached hydrogen (secondary N) is 1. The Kier molecular flexibility index (Phi) is 4.01. The number of hydrogen-bond acceptors (Lipinski definition) is 3. The average Bonchev–Trinajstić information content (AvgIpc) is 2.77. The van der Waals surface area contributed by atoms with Gasteiger partial charge in [0.2, 0.25) is 0 Å². The maximum absolute atomic E-state index is 10.7. The first-order valence-electron chi connectivity index (χ1n) is 4.96. The summed E-state index contributed by atoms with van der Waals surface area (Å²) in [5.41, 5.74) is 1.04. The first-order chi connectivity index (χ1) is 8.15. The van der Waals surface area contributed by atoms with Crippen molar-refractivity contribution in [1.29, 1.82) is 0 Å². The summed E-state index contributed by atoms with van der Waals surface area (Å²) in [4.78, 5) is 12.1. The first kappa shape index (κ1) is 12.4. The molecule has 0 aliphatic rings. The van der Waals surface area contributed by atoms with E-state index in [-0.39, 0.29) is 0 Å². The number of thiophene rings is 1. The standard InChI is InChI=1S/C12H10INO2S/c13-8-1-3-9(4-2-8)14-7-10-5-6-11(17-10)12(15)16/h1-6,14H,7H2,(H,15,16). The molecule has 3 nitrogen and oxygen atoms in total. The highest BCUT2D eigenvalue weighted by Gasteiger charge is 2.06. The minimum Gasteiger partial charge on any atom is -0.477 e. The zero-order valence-corrected chi connectivity index (χ0v) is 11.8. The van der Waals surface area contributed by atoms with E-state index in [0.717, 1.165) is 10.6 Å². The molecule has 0 aliphatic carbocycles. The molecule has 0 atom stereocenters. The van der Waals surface area contributed by atoms with Crippen LogP contribution in [0.1, 0.15) is 14.5 Å². The lowest BCUT2D eigenvalue weighted by Gasteiger charge is -2.04. The van der Waals surface area contributed by atoms with Gasteiger partial charge in [-0.05, 0) is 59.0 Å². The largest absolute Gasteiger partial charge is 0.477 e. The molecule has 88 valence electrons. The van der Waals surface area contributed by atoms with E-state index < -0.39 is 5.97 Å². The molecule has 1 aromatic carbocycles. The molecule has 0 spiro atoms. The molecule has 0 saturated carbocycles. The summed E-state index contributed by atoms with van der Waals surface area (Å²) in [7, 11) is 0. The van der Waals surface area contributed by atoms with E-state index in [1.54, 1.807) is 6.07 Å². The van der Waals surface area contributed by atoms with E-state index >= 15 is 0 Å². The molecule has 0 saturated heterocycles. The normalized spacial score (nSPS) is 10.2. The number of benzene rings is 1. The Labute approximate surface area is 117 Å². The number of carboxylic acids is 1. The highest BCUT2D eigenvalue weighted by Crippen LogP contribution is 2.18. The molecule has 17 heavy (non-hydrogen) atoms. The minimum atomic E-state index is -0.865. The molecule has 2 rings (SSSR count). The van der Waals surface area contributed by atoms with Gasteiger partial charge in [0.1, 0.15) is 4.88 Å². The summed E-state index contributed by atoms with van der Waals surface area (Å²) in [6.45, 7) is 0.651. The third-order valence-corrected chi connectivity index (χ3v) is 3.98. The van der Waals surface area contributed by atoms with Crippen LogP contribution in [0.15, 0.2) is 36.4 Å². The molecular formula is C12H10INO2S. The fraction of sp³-hybridized carbons (Fsp3) is 0.0833. The Hall–Kier alpha value is -1.08. The summed E-state index contributed by atoms with van der Waals surface area (Å²) in [5, 5.41) is 12.1. The average molecular weight is 359 g/mol. The van der Waals surface area contributed by atoms with Crippen molar-refractivity contribution in [3.8, 4) is 0 Å². The number of anilines is 1. The van der Waals surface area contributed by atoms with Crippen molar-refractivity contribution < 1.29 is 9.90 Å². The van der Waals surface area contributed by atoms with Crippen molar-refractivity contribution in [1.82, 2.24) is 0 Å². The third-order valence-electron chi connectivity index (χ3n) is 2.18. The molecule has 1 heterocycles. The summed E-state index contributed by atoms with van der Waals surface area (Å²) in [5.74, 6) is -0.865. The number of aromatic carboxylic acids is 1. The summed E-state index contributed by atoms with van der Waals surface area (Å²) >= 11 is 3.56. The first-order valence-corrected chi connectivity index (χ1v) is 6.86. The number of rotatable bonds is 4. The fourth-order valence-electron chi connectivity index (χ4n) is 1.34. The van der Waals surface area contributed by atoms with Crippen molar-refractivity contribution in [3.05, 3.63) is 49.7 Å². The summed E-state index contributed by atoms with van der Waals surface area (Å²) in [6, 6.07) is 11.5. The second-order valence-electron chi connectivity index (χ2n) is 3.43. The molecule has 2 aromatic rings. The lowest BCUT2D eigenvalue weighted by molar-refractivity contribution is 0.0702. The Bertz CT molecular complexity index is 522. The Morgan fingerprint density at radius 2 is 1.94 bits per heavy atom. The summed E-state index contributed by atoms with van der Waals surface area (Å²) in [6.07, 6.45) is 0. The van der Waals surface area contributed by atoms with Crippen LogP contribution in [0.4, 0.5) is 5.69 Å². The van der Waals surface area contributed by atoms with E-state index in [2.05, 4.69) is 27.9 Å². The molecule has 0 aliphatic heterocycles. The molecule has 0 unspecified atom stereocenters. The van der Waals surface area contributed by atoms with Crippen molar-refractivity contribution in [3.63, 3.8) is 0 Å². The number of carbonyl (C=O) groups is 1. The predicted octanol–water partition coefficient (Wildman–Crippen LogP) is 3.66. The van der Waals surface area contributed by atoms with Crippen LogP contribution in [0, 0.1) is 3.57 Å². The van der Waals surface area contributed by atoms with Gasteiger partial charge in [0, 0.05) is 20.7 Å². The molecule has 0 bridgehead atoms. The third kappa shape index (κ3) is 3.44. The Morgan fingerprint density at radius 3 is 2.53 bits per heavy atom. The quantitative estimate of drug-likeness (QED) is 0.820. The Morgan fingerprint density at radius 1 is 1.24 bits per heavy atom. The van der Waals surface area contributed by atoms with Crippen molar-refractivity contribution in [2.45, 2.75) is 6.54 Å². The van der Waals surface area contributed by atoms with E-state index in [4.69, 9.17) is 5.11 Å². The molecule has 0 radical (unpaired) electrons. The predicted molar refractivity (Wildman–Crippen MR) is 77.8 cm³/mol. The van der Waals surface area contributed by atoms with Crippen LogP contribution in [-0.2, 0) is 6.54 Å². The number of carboxylic acid groups (broad SMARTS) is 1. The van der Waals surface area contributed by atoms with Crippen LogP contribution < -0.4 is 5.32 Å². The maximum atomic E-state index is 10.7. The van der Waals surface area contributed by atoms with Crippen LogP contribution in [0.5, 0.6) is 0 Å². The van der Waals surface area contributed by atoms with Gasteiger partial charge in [-0.2, -0.15) is 0 Å². The zero-order chi connectivity index (χ0) is 12.3. The lowest BCUT2D eigenvalue weighted by Crippen LogP contribution is -1.97. The Balaban J connectivity index is 1.97. The monoisotopic (exact) mass is 359 g/mol. The van der Waals surface area contributed by atoms with Gasteiger partial charge in [0.05, 0.1) is 0 Å². The highest BCUT2D eigenvalue weighted by atomic mass is 127. The van der Waals surface area contributed by atoms with Crippen LogP contribution in [0.3, 0.4) is 0 Å². The van der Waals surface area contributed by atoms with Crippen LogP contribution >= 0.6 is 33.9 Å². The second-order valence-corrected chi connectivity index (χ2v) is 5.85. The lowest BCUT2D eigenvalue weighted by atomic mass is 10.3.